The molecule has 2 aliphatic carbocycles. The Morgan fingerprint density at radius 1 is 1.22 bits per heavy atom. The number of carbonyl (C=O) groups is 1. The fourth-order valence-electron chi connectivity index (χ4n) is 4.48. The van der Waals surface area contributed by atoms with Crippen LogP contribution in [0.1, 0.15) is 71.1 Å². The van der Waals surface area contributed by atoms with Crippen molar-refractivity contribution < 1.29 is 4.79 Å². The summed E-state index contributed by atoms with van der Waals surface area (Å²) in [6.45, 7) is 5.53. The number of halogens is 1. The third kappa shape index (κ3) is 6.95. The molecule has 1 heterocycles. The molecule has 5 nitrogen and oxygen atoms in total. The van der Waals surface area contributed by atoms with Crippen molar-refractivity contribution in [2.24, 2.45) is 10.9 Å². The molecule has 0 aromatic carbocycles. The van der Waals surface area contributed by atoms with Gasteiger partial charge in [-0.15, -0.1) is 24.0 Å². The second-order valence-electron chi connectivity index (χ2n) is 8.01. The van der Waals surface area contributed by atoms with Crippen LogP contribution in [0.15, 0.2) is 16.6 Å². The Morgan fingerprint density at radius 3 is 2.74 bits per heavy atom. The van der Waals surface area contributed by atoms with Gasteiger partial charge < -0.3 is 15.5 Å². The van der Waals surface area contributed by atoms with Gasteiger partial charge in [0, 0.05) is 38.1 Å². The second kappa shape index (κ2) is 11.9. The molecule has 2 fully saturated rings. The number of allylic oxidation sites excluding steroid dienone is 1. The van der Waals surface area contributed by atoms with Crippen molar-refractivity contribution >= 4 is 35.8 Å². The van der Waals surface area contributed by atoms with E-state index < -0.39 is 0 Å². The number of rotatable bonds is 6. The van der Waals surface area contributed by atoms with Gasteiger partial charge >= 0.3 is 0 Å². The molecule has 3 rings (SSSR count). The number of amides is 1. The molecule has 0 aromatic rings. The van der Waals surface area contributed by atoms with E-state index in [1.54, 1.807) is 5.57 Å². The highest BCUT2D eigenvalue weighted by Gasteiger charge is 2.31. The zero-order valence-electron chi connectivity index (χ0n) is 16.8. The minimum atomic E-state index is 0. The highest BCUT2D eigenvalue weighted by Crippen LogP contribution is 2.26. The first-order valence-corrected chi connectivity index (χ1v) is 10.8. The monoisotopic (exact) mass is 488 g/mol. The van der Waals surface area contributed by atoms with Crippen LogP contribution >= 0.6 is 24.0 Å². The van der Waals surface area contributed by atoms with Crippen LogP contribution in [-0.2, 0) is 4.79 Å². The minimum absolute atomic E-state index is 0. The number of likely N-dealkylation sites (tertiary alicyclic amines) is 1. The molecular formula is C21H37IN4O. The maximum Gasteiger partial charge on any atom is 0.225 e. The molecule has 0 spiro atoms. The summed E-state index contributed by atoms with van der Waals surface area (Å²) in [5, 5.41) is 6.91. The van der Waals surface area contributed by atoms with E-state index in [-0.39, 0.29) is 29.9 Å². The fourth-order valence-corrected chi connectivity index (χ4v) is 4.48. The zero-order chi connectivity index (χ0) is 18.2. The van der Waals surface area contributed by atoms with E-state index in [4.69, 9.17) is 4.99 Å². The Labute approximate surface area is 181 Å². The van der Waals surface area contributed by atoms with Gasteiger partial charge in [0.25, 0.3) is 0 Å². The molecule has 0 aromatic heterocycles. The minimum Gasteiger partial charge on any atom is -0.357 e. The van der Waals surface area contributed by atoms with E-state index in [2.05, 4.69) is 28.5 Å². The van der Waals surface area contributed by atoms with Crippen LogP contribution in [0.5, 0.6) is 0 Å². The van der Waals surface area contributed by atoms with Crippen LogP contribution < -0.4 is 10.6 Å². The molecular weight excluding hydrogens is 451 g/mol. The molecule has 3 aliphatic rings. The lowest BCUT2D eigenvalue weighted by Gasteiger charge is -2.26. The van der Waals surface area contributed by atoms with Crippen molar-refractivity contribution in [1.29, 1.82) is 0 Å². The summed E-state index contributed by atoms with van der Waals surface area (Å²) in [7, 11) is 0. The van der Waals surface area contributed by atoms with Gasteiger partial charge in [-0.2, -0.15) is 0 Å². The molecule has 1 unspecified atom stereocenters. The van der Waals surface area contributed by atoms with E-state index in [0.29, 0.717) is 11.9 Å². The van der Waals surface area contributed by atoms with Gasteiger partial charge in [0.1, 0.15) is 0 Å². The fraction of sp³-hybridized carbons (Fsp3) is 0.810. The number of hydrogen-bond donors (Lipinski definition) is 2. The van der Waals surface area contributed by atoms with Crippen molar-refractivity contribution in [2.45, 2.75) is 77.2 Å². The molecule has 2 N–H and O–H groups in total. The Kier molecular flexibility index (Phi) is 9.93. The highest BCUT2D eigenvalue weighted by molar-refractivity contribution is 14.0. The summed E-state index contributed by atoms with van der Waals surface area (Å²) >= 11 is 0. The van der Waals surface area contributed by atoms with Crippen LogP contribution in [0.2, 0.25) is 0 Å². The van der Waals surface area contributed by atoms with Gasteiger partial charge in [0.05, 0.1) is 0 Å². The molecule has 1 amide bonds. The van der Waals surface area contributed by atoms with Crippen LogP contribution in [0.3, 0.4) is 0 Å². The Balaban J connectivity index is 0.00000261. The highest BCUT2D eigenvalue weighted by atomic mass is 127. The van der Waals surface area contributed by atoms with Crippen molar-refractivity contribution in [2.75, 3.05) is 26.2 Å². The third-order valence-electron chi connectivity index (χ3n) is 5.98. The normalized spacial score (nSPS) is 23.7. The molecule has 6 heteroatoms. The molecule has 0 radical (unpaired) electrons. The average Bonchev–Trinajstić information content (AvgIpc) is 3.34. The lowest BCUT2D eigenvalue weighted by molar-refractivity contribution is -0.135. The number of guanidine groups is 1. The van der Waals surface area contributed by atoms with E-state index in [1.807, 2.05) is 0 Å². The standard InChI is InChI=1S/C21H36N4O.HI/c1-2-22-21(23-14-12-17-8-6-7-9-17)24-19-13-15-25(16-19)20(26)18-10-4-3-5-11-18;/h8,18-19H,2-7,9-16H2,1H3,(H2,22,23,24);1H. The van der Waals surface area contributed by atoms with E-state index in [0.717, 1.165) is 57.8 Å². The molecule has 154 valence electrons. The van der Waals surface area contributed by atoms with Gasteiger partial charge in [-0.05, 0) is 51.9 Å². The van der Waals surface area contributed by atoms with E-state index in [1.165, 1.54) is 38.5 Å². The van der Waals surface area contributed by atoms with Gasteiger partial charge in [-0.1, -0.05) is 30.9 Å². The van der Waals surface area contributed by atoms with Crippen molar-refractivity contribution in [3.63, 3.8) is 0 Å². The zero-order valence-corrected chi connectivity index (χ0v) is 19.2. The largest absolute Gasteiger partial charge is 0.357 e. The smallest absolute Gasteiger partial charge is 0.225 e. The first-order valence-electron chi connectivity index (χ1n) is 10.8. The van der Waals surface area contributed by atoms with Gasteiger partial charge in [0.2, 0.25) is 5.91 Å². The van der Waals surface area contributed by atoms with Crippen molar-refractivity contribution in [3.05, 3.63) is 11.6 Å². The summed E-state index contributed by atoms with van der Waals surface area (Å²) in [5.74, 6) is 1.58. The Bertz CT molecular complexity index is 528. The molecule has 27 heavy (non-hydrogen) atoms. The maximum absolute atomic E-state index is 12.7. The summed E-state index contributed by atoms with van der Waals surface area (Å²) < 4.78 is 0. The van der Waals surface area contributed by atoms with Crippen molar-refractivity contribution in [1.82, 2.24) is 15.5 Å². The van der Waals surface area contributed by atoms with Gasteiger partial charge in [0.15, 0.2) is 5.96 Å². The quantitative estimate of drug-likeness (QED) is 0.259. The lowest BCUT2D eigenvalue weighted by Crippen LogP contribution is -2.45. The molecule has 1 saturated heterocycles. The number of aliphatic imine (C=N–C) groups is 1. The summed E-state index contributed by atoms with van der Waals surface area (Å²) in [6.07, 6.45) is 14.2. The number of nitrogens with one attached hydrogen (secondary N) is 2. The SMILES string of the molecule is CCNC(=NCCC1=CCCC1)NC1CCN(C(=O)C2CCCCC2)C1.I. The molecule has 1 aliphatic heterocycles. The van der Waals surface area contributed by atoms with Crippen LogP contribution in [-0.4, -0.2) is 49.0 Å². The Hall–Kier alpha value is -0.790. The predicted octanol–water partition coefficient (Wildman–Crippen LogP) is 3.84. The summed E-state index contributed by atoms with van der Waals surface area (Å²) in [5.41, 5.74) is 1.56. The molecule has 1 atom stereocenters. The molecule has 1 saturated carbocycles. The van der Waals surface area contributed by atoms with Gasteiger partial charge in [-0.25, -0.2) is 0 Å². The van der Waals surface area contributed by atoms with E-state index in [9.17, 15) is 4.79 Å². The van der Waals surface area contributed by atoms with Crippen molar-refractivity contribution in [3.8, 4) is 0 Å². The summed E-state index contributed by atoms with van der Waals surface area (Å²) in [4.78, 5) is 19.6. The predicted molar refractivity (Wildman–Crippen MR) is 123 cm³/mol. The lowest BCUT2D eigenvalue weighted by atomic mass is 9.88. The summed E-state index contributed by atoms with van der Waals surface area (Å²) in [6, 6.07) is 0.325. The van der Waals surface area contributed by atoms with E-state index >= 15 is 0 Å². The van der Waals surface area contributed by atoms with Gasteiger partial charge in [-0.3, -0.25) is 9.79 Å². The van der Waals surface area contributed by atoms with Crippen LogP contribution in [0.4, 0.5) is 0 Å². The first kappa shape index (κ1) is 22.5. The number of hydrogen-bond acceptors (Lipinski definition) is 2. The topological polar surface area (TPSA) is 56.7 Å². The van der Waals surface area contributed by atoms with Crippen LogP contribution in [0, 0.1) is 5.92 Å². The maximum atomic E-state index is 12.7. The average molecular weight is 488 g/mol. The second-order valence-corrected chi connectivity index (χ2v) is 8.01. The van der Waals surface area contributed by atoms with Crippen LogP contribution in [0.25, 0.3) is 0 Å². The Morgan fingerprint density at radius 2 is 2.04 bits per heavy atom. The number of carbonyl (C=O) groups excluding carboxylic acids is 1. The third-order valence-corrected chi connectivity index (χ3v) is 5.98. The molecule has 0 bridgehead atoms. The first-order chi connectivity index (χ1) is 12.8. The number of nitrogens with zero attached hydrogens (tertiary/aromatic N) is 2.